The molecule has 0 aliphatic heterocycles. The average Bonchev–Trinajstić information content (AvgIpc) is 2.85. The molecule has 0 atom stereocenters. The number of pyridine rings is 1. The van der Waals surface area contributed by atoms with Crippen LogP contribution in [0.1, 0.15) is 43.6 Å². The zero-order chi connectivity index (χ0) is 16.8. The Morgan fingerprint density at radius 1 is 1.26 bits per heavy atom. The fourth-order valence-electron chi connectivity index (χ4n) is 2.85. The van der Waals surface area contributed by atoms with Crippen LogP contribution in [0, 0.1) is 19.8 Å². The summed E-state index contributed by atoms with van der Waals surface area (Å²) in [5.74, 6) is 1.09. The topological polar surface area (TPSA) is 59.8 Å². The number of carbonyl (C=O) groups is 1. The van der Waals surface area contributed by atoms with Gasteiger partial charge in [-0.1, -0.05) is 19.9 Å². The highest BCUT2D eigenvalue weighted by Gasteiger charge is 2.16. The third kappa shape index (κ3) is 3.97. The molecular weight excluding hydrogens is 288 g/mol. The molecule has 2 rings (SSSR count). The SMILES string of the molecule is CCC(CC)C(=O)NCCc1c(C)nn(-c2ccccn2)c1C. The zero-order valence-electron chi connectivity index (χ0n) is 14.5. The number of nitrogens with zero attached hydrogens (tertiary/aromatic N) is 3. The van der Waals surface area contributed by atoms with E-state index in [-0.39, 0.29) is 11.8 Å². The molecule has 0 saturated carbocycles. The van der Waals surface area contributed by atoms with E-state index in [0.29, 0.717) is 6.54 Å². The van der Waals surface area contributed by atoms with E-state index in [1.54, 1.807) is 6.20 Å². The summed E-state index contributed by atoms with van der Waals surface area (Å²) in [6.07, 6.45) is 4.33. The third-order valence-electron chi connectivity index (χ3n) is 4.34. The summed E-state index contributed by atoms with van der Waals surface area (Å²) in [6, 6.07) is 5.79. The summed E-state index contributed by atoms with van der Waals surface area (Å²) in [5, 5.41) is 7.63. The molecule has 0 unspecified atom stereocenters. The first kappa shape index (κ1) is 17.2. The quantitative estimate of drug-likeness (QED) is 0.854. The van der Waals surface area contributed by atoms with Crippen LogP contribution < -0.4 is 5.32 Å². The van der Waals surface area contributed by atoms with Gasteiger partial charge in [0.25, 0.3) is 0 Å². The number of aromatic nitrogens is 3. The van der Waals surface area contributed by atoms with E-state index in [9.17, 15) is 4.79 Å². The smallest absolute Gasteiger partial charge is 0.223 e. The Morgan fingerprint density at radius 2 is 2.00 bits per heavy atom. The molecule has 2 aromatic rings. The van der Waals surface area contributed by atoms with Crippen molar-refractivity contribution in [3.05, 3.63) is 41.3 Å². The number of nitrogens with one attached hydrogen (secondary N) is 1. The molecule has 0 fully saturated rings. The molecule has 5 heteroatoms. The summed E-state index contributed by atoms with van der Waals surface area (Å²) in [5.41, 5.74) is 3.25. The van der Waals surface area contributed by atoms with Crippen molar-refractivity contribution in [3.63, 3.8) is 0 Å². The lowest BCUT2D eigenvalue weighted by Gasteiger charge is -2.12. The first-order valence-corrected chi connectivity index (χ1v) is 8.32. The standard InChI is InChI=1S/C18H26N4O/c1-5-15(6-2)18(23)20-12-10-16-13(3)21-22(14(16)4)17-9-7-8-11-19-17/h7-9,11,15H,5-6,10,12H2,1-4H3,(H,20,23). The van der Waals surface area contributed by atoms with Crippen molar-refractivity contribution in [1.29, 1.82) is 0 Å². The molecule has 2 aromatic heterocycles. The van der Waals surface area contributed by atoms with Gasteiger partial charge in [-0.15, -0.1) is 0 Å². The van der Waals surface area contributed by atoms with Gasteiger partial charge in [-0.2, -0.15) is 5.10 Å². The Balaban J connectivity index is 2.04. The first-order chi connectivity index (χ1) is 11.1. The van der Waals surface area contributed by atoms with Crippen molar-refractivity contribution in [1.82, 2.24) is 20.1 Å². The molecule has 0 radical (unpaired) electrons. The van der Waals surface area contributed by atoms with Gasteiger partial charge in [-0.05, 0) is 50.8 Å². The van der Waals surface area contributed by atoms with Gasteiger partial charge in [-0.3, -0.25) is 4.79 Å². The summed E-state index contributed by atoms with van der Waals surface area (Å²) in [6.45, 7) is 8.81. The van der Waals surface area contributed by atoms with E-state index in [1.165, 1.54) is 5.56 Å². The van der Waals surface area contributed by atoms with Crippen LogP contribution in [0.5, 0.6) is 0 Å². The van der Waals surface area contributed by atoms with E-state index in [4.69, 9.17) is 0 Å². The second-order valence-corrected chi connectivity index (χ2v) is 5.80. The van der Waals surface area contributed by atoms with Crippen LogP contribution in [-0.2, 0) is 11.2 Å². The Kier molecular flexibility index (Phi) is 5.90. The van der Waals surface area contributed by atoms with Crippen LogP contribution in [0.2, 0.25) is 0 Å². The van der Waals surface area contributed by atoms with Crippen molar-refractivity contribution in [2.24, 2.45) is 5.92 Å². The number of hydrogen-bond acceptors (Lipinski definition) is 3. The normalized spacial score (nSPS) is 11.0. The van der Waals surface area contributed by atoms with Gasteiger partial charge in [-0.25, -0.2) is 9.67 Å². The summed E-state index contributed by atoms with van der Waals surface area (Å²) in [4.78, 5) is 16.4. The fraction of sp³-hybridized carbons (Fsp3) is 0.500. The van der Waals surface area contributed by atoms with Crippen LogP contribution in [-0.4, -0.2) is 27.2 Å². The molecule has 0 aliphatic carbocycles. The van der Waals surface area contributed by atoms with Crippen molar-refractivity contribution in [3.8, 4) is 5.82 Å². The van der Waals surface area contributed by atoms with E-state index in [0.717, 1.165) is 36.5 Å². The Bertz CT molecular complexity index is 645. The molecule has 0 spiro atoms. The lowest BCUT2D eigenvalue weighted by atomic mass is 10.0. The molecule has 5 nitrogen and oxygen atoms in total. The van der Waals surface area contributed by atoms with Crippen molar-refractivity contribution in [2.75, 3.05) is 6.54 Å². The Labute approximate surface area is 138 Å². The summed E-state index contributed by atoms with van der Waals surface area (Å²) in [7, 11) is 0. The number of amides is 1. The van der Waals surface area contributed by atoms with Gasteiger partial charge < -0.3 is 5.32 Å². The molecule has 1 amide bonds. The molecule has 0 saturated heterocycles. The van der Waals surface area contributed by atoms with Gasteiger partial charge in [0, 0.05) is 24.4 Å². The van der Waals surface area contributed by atoms with Crippen LogP contribution in [0.15, 0.2) is 24.4 Å². The second kappa shape index (κ2) is 7.90. The molecule has 23 heavy (non-hydrogen) atoms. The zero-order valence-corrected chi connectivity index (χ0v) is 14.5. The minimum absolute atomic E-state index is 0.119. The van der Waals surface area contributed by atoms with Crippen LogP contribution in [0.4, 0.5) is 0 Å². The average molecular weight is 314 g/mol. The minimum Gasteiger partial charge on any atom is -0.356 e. The molecular formula is C18H26N4O. The lowest BCUT2D eigenvalue weighted by Crippen LogP contribution is -2.31. The summed E-state index contributed by atoms with van der Waals surface area (Å²) >= 11 is 0. The Morgan fingerprint density at radius 3 is 2.61 bits per heavy atom. The van der Waals surface area contributed by atoms with Crippen molar-refractivity contribution < 1.29 is 4.79 Å². The van der Waals surface area contributed by atoms with Crippen LogP contribution in [0.3, 0.4) is 0 Å². The van der Waals surface area contributed by atoms with Gasteiger partial charge in [0.2, 0.25) is 5.91 Å². The largest absolute Gasteiger partial charge is 0.356 e. The summed E-state index contributed by atoms with van der Waals surface area (Å²) < 4.78 is 1.87. The highest BCUT2D eigenvalue weighted by molar-refractivity contribution is 5.78. The van der Waals surface area contributed by atoms with Gasteiger partial charge in [0.05, 0.1) is 5.69 Å². The lowest BCUT2D eigenvalue weighted by molar-refractivity contribution is -0.125. The maximum absolute atomic E-state index is 12.1. The third-order valence-corrected chi connectivity index (χ3v) is 4.34. The highest BCUT2D eigenvalue weighted by atomic mass is 16.1. The van der Waals surface area contributed by atoms with Crippen molar-refractivity contribution in [2.45, 2.75) is 47.0 Å². The van der Waals surface area contributed by atoms with E-state index in [2.05, 4.69) is 29.2 Å². The van der Waals surface area contributed by atoms with E-state index < -0.39 is 0 Å². The molecule has 0 bridgehead atoms. The number of rotatable bonds is 7. The molecule has 124 valence electrons. The van der Waals surface area contributed by atoms with Crippen LogP contribution >= 0.6 is 0 Å². The van der Waals surface area contributed by atoms with Crippen LogP contribution in [0.25, 0.3) is 5.82 Å². The van der Waals surface area contributed by atoms with E-state index >= 15 is 0 Å². The van der Waals surface area contributed by atoms with Gasteiger partial charge >= 0.3 is 0 Å². The highest BCUT2D eigenvalue weighted by Crippen LogP contribution is 2.17. The van der Waals surface area contributed by atoms with Crippen molar-refractivity contribution >= 4 is 5.91 Å². The predicted molar refractivity (Wildman–Crippen MR) is 91.6 cm³/mol. The fourth-order valence-corrected chi connectivity index (χ4v) is 2.85. The van der Waals surface area contributed by atoms with Gasteiger partial charge in [0.1, 0.15) is 0 Å². The Hall–Kier alpha value is -2.17. The number of aryl methyl sites for hydroxylation is 1. The monoisotopic (exact) mass is 314 g/mol. The molecule has 1 N–H and O–H groups in total. The van der Waals surface area contributed by atoms with Gasteiger partial charge in [0.15, 0.2) is 5.82 Å². The second-order valence-electron chi connectivity index (χ2n) is 5.80. The number of carbonyl (C=O) groups excluding carboxylic acids is 1. The minimum atomic E-state index is 0.119. The van der Waals surface area contributed by atoms with E-state index in [1.807, 2.05) is 36.7 Å². The molecule has 2 heterocycles. The predicted octanol–water partition coefficient (Wildman–Crippen LogP) is 2.98. The molecule has 0 aromatic carbocycles. The maximum atomic E-state index is 12.1. The molecule has 0 aliphatic rings. The first-order valence-electron chi connectivity index (χ1n) is 8.32. The number of hydrogen-bond donors (Lipinski definition) is 1. The maximum Gasteiger partial charge on any atom is 0.223 e.